The average molecular weight is 364 g/mol. The van der Waals surface area contributed by atoms with Crippen molar-refractivity contribution in [3.63, 3.8) is 0 Å². The molecule has 2 N–H and O–H groups in total. The van der Waals surface area contributed by atoms with Gasteiger partial charge in [0.1, 0.15) is 17.2 Å². The molecule has 0 atom stereocenters. The summed E-state index contributed by atoms with van der Waals surface area (Å²) in [4.78, 5) is 20.8. The first-order valence-electron chi connectivity index (χ1n) is 8.32. The average Bonchev–Trinajstić information content (AvgIpc) is 2.73. The van der Waals surface area contributed by atoms with Crippen LogP contribution in [0.4, 0.5) is 11.4 Å². The molecular formula is C20H20N4O3. The van der Waals surface area contributed by atoms with E-state index in [1.54, 1.807) is 63.1 Å². The summed E-state index contributed by atoms with van der Waals surface area (Å²) in [5.74, 6) is 0.827. The smallest absolute Gasteiger partial charge is 0.274 e. The molecular weight excluding hydrogens is 344 g/mol. The van der Waals surface area contributed by atoms with E-state index in [-0.39, 0.29) is 5.91 Å². The van der Waals surface area contributed by atoms with Crippen LogP contribution >= 0.6 is 0 Å². The topological polar surface area (TPSA) is 85.4 Å². The summed E-state index contributed by atoms with van der Waals surface area (Å²) in [6.07, 6.45) is 5.15. The molecule has 0 saturated carbocycles. The first-order chi connectivity index (χ1) is 13.2. The minimum absolute atomic E-state index is 0.298. The van der Waals surface area contributed by atoms with Crippen LogP contribution < -0.4 is 20.1 Å². The molecule has 3 rings (SSSR count). The van der Waals surface area contributed by atoms with Crippen LogP contribution in [0.5, 0.6) is 11.5 Å². The van der Waals surface area contributed by atoms with Crippen molar-refractivity contribution in [3.8, 4) is 11.5 Å². The summed E-state index contributed by atoms with van der Waals surface area (Å²) >= 11 is 0. The quantitative estimate of drug-likeness (QED) is 0.669. The number of anilines is 2. The second-order valence-electron chi connectivity index (χ2n) is 5.67. The zero-order valence-electron chi connectivity index (χ0n) is 15.1. The maximum Gasteiger partial charge on any atom is 0.274 e. The van der Waals surface area contributed by atoms with E-state index in [2.05, 4.69) is 20.6 Å². The minimum Gasteiger partial charge on any atom is -0.497 e. The van der Waals surface area contributed by atoms with Crippen molar-refractivity contribution in [2.24, 2.45) is 0 Å². The van der Waals surface area contributed by atoms with Gasteiger partial charge in [0.05, 0.1) is 31.8 Å². The lowest BCUT2D eigenvalue weighted by atomic mass is 10.2. The molecule has 0 aliphatic rings. The van der Waals surface area contributed by atoms with Crippen LogP contribution in [0.1, 0.15) is 16.1 Å². The van der Waals surface area contributed by atoms with E-state index in [9.17, 15) is 4.79 Å². The summed E-state index contributed by atoms with van der Waals surface area (Å²) < 4.78 is 10.5. The number of benzene rings is 1. The van der Waals surface area contributed by atoms with Crippen LogP contribution in [0.3, 0.4) is 0 Å². The number of ether oxygens (including phenoxy) is 2. The van der Waals surface area contributed by atoms with E-state index in [0.29, 0.717) is 29.4 Å². The highest BCUT2D eigenvalue weighted by atomic mass is 16.5. The Morgan fingerprint density at radius 3 is 2.63 bits per heavy atom. The van der Waals surface area contributed by atoms with E-state index >= 15 is 0 Å². The van der Waals surface area contributed by atoms with E-state index in [4.69, 9.17) is 9.47 Å². The molecule has 138 valence electrons. The minimum atomic E-state index is -0.333. The number of amides is 1. The molecule has 0 aliphatic carbocycles. The number of rotatable bonds is 7. The second-order valence-corrected chi connectivity index (χ2v) is 5.67. The van der Waals surface area contributed by atoms with Crippen LogP contribution in [0.2, 0.25) is 0 Å². The number of nitrogens with one attached hydrogen (secondary N) is 2. The van der Waals surface area contributed by atoms with Gasteiger partial charge in [0.2, 0.25) is 0 Å². The first kappa shape index (κ1) is 18.2. The summed E-state index contributed by atoms with van der Waals surface area (Å²) in [6.45, 7) is 0.627. The molecule has 27 heavy (non-hydrogen) atoms. The third-order valence-electron chi connectivity index (χ3n) is 3.87. The van der Waals surface area contributed by atoms with Crippen LogP contribution in [0, 0.1) is 0 Å². The monoisotopic (exact) mass is 364 g/mol. The van der Waals surface area contributed by atoms with Crippen molar-refractivity contribution in [2.75, 3.05) is 24.9 Å². The third kappa shape index (κ3) is 4.72. The Morgan fingerprint density at radius 2 is 1.96 bits per heavy atom. The molecule has 7 nitrogen and oxygen atoms in total. The Kier molecular flexibility index (Phi) is 5.84. The number of pyridine rings is 2. The van der Waals surface area contributed by atoms with Crippen molar-refractivity contribution in [1.29, 1.82) is 0 Å². The second kappa shape index (κ2) is 8.66. The normalized spacial score (nSPS) is 10.1. The Labute approximate surface area is 157 Å². The number of aromatic nitrogens is 2. The number of carbonyl (C=O) groups excluding carboxylic acids is 1. The lowest BCUT2D eigenvalue weighted by Gasteiger charge is -2.12. The van der Waals surface area contributed by atoms with Crippen molar-refractivity contribution in [3.05, 3.63) is 72.3 Å². The van der Waals surface area contributed by atoms with Crippen molar-refractivity contribution in [1.82, 2.24) is 9.97 Å². The Balaban J connectivity index is 1.65. The zero-order chi connectivity index (χ0) is 19.1. The fourth-order valence-corrected chi connectivity index (χ4v) is 2.44. The highest BCUT2D eigenvalue weighted by Gasteiger charge is 2.12. The molecule has 3 aromatic rings. The molecule has 1 aromatic carbocycles. The molecule has 2 aromatic heterocycles. The van der Waals surface area contributed by atoms with Gasteiger partial charge in [-0.25, -0.2) is 4.98 Å². The van der Waals surface area contributed by atoms with E-state index < -0.39 is 0 Å². The predicted molar refractivity (Wildman–Crippen MR) is 103 cm³/mol. The summed E-state index contributed by atoms with van der Waals surface area (Å²) in [7, 11) is 3.10. The number of methoxy groups -OCH3 is 2. The van der Waals surface area contributed by atoms with Gasteiger partial charge >= 0.3 is 0 Å². The van der Waals surface area contributed by atoms with Crippen LogP contribution in [-0.4, -0.2) is 30.1 Å². The largest absolute Gasteiger partial charge is 0.497 e. The van der Waals surface area contributed by atoms with E-state index in [1.165, 1.54) is 0 Å². The summed E-state index contributed by atoms with van der Waals surface area (Å²) in [5.41, 5.74) is 2.69. The molecule has 0 bridgehead atoms. The number of nitrogens with zero attached hydrogens (tertiary/aromatic N) is 2. The van der Waals surface area contributed by atoms with Gasteiger partial charge < -0.3 is 20.1 Å². The van der Waals surface area contributed by atoms with Crippen molar-refractivity contribution >= 4 is 17.3 Å². The maximum atomic E-state index is 12.5. The molecule has 0 radical (unpaired) electrons. The fraction of sp³-hybridized carbons (Fsp3) is 0.150. The Hall–Kier alpha value is -3.61. The first-order valence-corrected chi connectivity index (χ1v) is 8.32. The molecule has 7 heteroatoms. The van der Waals surface area contributed by atoms with Gasteiger partial charge in [-0.3, -0.25) is 9.78 Å². The SMILES string of the molecule is COc1ccc(OC)c(NC(=O)c2ccc(NCc3cccnc3)cn2)c1. The lowest BCUT2D eigenvalue weighted by Crippen LogP contribution is -2.14. The van der Waals surface area contributed by atoms with Crippen molar-refractivity contribution < 1.29 is 14.3 Å². The molecule has 0 fully saturated rings. The number of carbonyl (C=O) groups is 1. The van der Waals surface area contributed by atoms with Gasteiger partial charge in [-0.2, -0.15) is 0 Å². The summed E-state index contributed by atoms with van der Waals surface area (Å²) in [5, 5.41) is 6.03. The molecule has 0 aliphatic heterocycles. The molecule has 1 amide bonds. The van der Waals surface area contributed by atoms with E-state index in [1.807, 2.05) is 12.1 Å². The molecule has 0 saturated heterocycles. The highest BCUT2D eigenvalue weighted by molar-refractivity contribution is 6.03. The summed E-state index contributed by atoms with van der Waals surface area (Å²) in [6, 6.07) is 12.5. The molecule has 2 heterocycles. The Morgan fingerprint density at radius 1 is 1.07 bits per heavy atom. The van der Waals surface area contributed by atoms with Gasteiger partial charge in [-0.05, 0) is 35.9 Å². The van der Waals surface area contributed by atoms with Crippen LogP contribution in [0.25, 0.3) is 0 Å². The highest BCUT2D eigenvalue weighted by Crippen LogP contribution is 2.29. The molecule has 0 unspecified atom stereocenters. The lowest BCUT2D eigenvalue weighted by molar-refractivity contribution is 0.102. The fourth-order valence-electron chi connectivity index (χ4n) is 2.44. The number of hydrogen-bond acceptors (Lipinski definition) is 6. The van der Waals surface area contributed by atoms with Crippen LogP contribution in [0.15, 0.2) is 61.1 Å². The standard InChI is InChI=1S/C20H20N4O3/c1-26-16-6-8-19(27-2)18(10-16)24-20(25)17-7-5-15(13-23-17)22-12-14-4-3-9-21-11-14/h3-11,13,22H,12H2,1-2H3,(H,24,25). The van der Waals surface area contributed by atoms with E-state index in [0.717, 1.165) is 11.3 Å². The molecule has 0 spiro atoms. The predicted octanol–water partition coefficient (Wildman–Crippen LogP) is 3.36. The van der Waals surface area contributed by atoms with Gasteiger partial charge in [-0.1, -0.05) is 6.07 Å². The van der Waals surface area contributed by atoms with Gasteiger partial charge in [0.15, 0.2) is 0 Å². The van der Waals surface area contributed by atoms with Gasteiger partial charge in [0.25, 0.3) is 5.91 Å². The number of hydrogen-bond donors (Lipinski definition) is 2. The van der Waals surface area contributed by atoms with Gasteiger partial charge in [-0.15, -0.1) is 0 Å². The van der Waals surface area contributed by atoms with Gasteiger partial charge in [0, 0.05) is 25.0 Å². The Bertz CT molecular complexity index is 899. The zero-order valence-corrected chi connectivity index (χ0v) is 15.1. The van der Waals surface area contributed by atoms with Crippen LogP contribution in [-0.2, 0) is 6.54 Å². The van der Waals surface area contributed by atoms with Crippen molar-refractivity contribution in [2.45, 2.75) is 6.54 Å². The third-order valence-corrected chi connectivity index (χ3v) is 3.87. The maximum absolute atomic E-state index is 12.5.